The van der Waals surface area contributed by atoms with Crippen LogP contribution in [-0.4, -0.2) is 49.0 Å². The van der Waals surface area contributed by atoms with E-state index in [-0.39, 0.29) is 29.7 Å². The number of aromatic nitrogens is 2. The van der Waals surface area contributed by atoms with Gasteiger partial charge in [-0.2, -0.15) is 4.98 Å². The van der Waals surface area contributed by atoms with Gasteiger partial charge in [-0.3, -0.25) is 4.79 Å². The lowest BCUT2D eigenvalue weighted by molar-refractivity contribution is -0.132. The van der Waals surface area contributed by atoms with E-state index in [1.165, 1.54) is 0 Å². The minimum absolute atomic E-state index is 0.0615. The number of sulfonamides is 1. The summed E-state index contributed by atoms with van der Waals surface area (Å²) in [4.78, 5) is 19.1. The summed E-state index contributed by atoms with van der Waals surface area (Å²) in [5.41, 5.74) is 3.01. The topological polar surface area (TPSA) is 105 Å². The molecule has 0 saturated carbocycles. The van der Waals surface area contributed by atoms with Gasteiger partial charge in [0.15, 0.2) is 5.82 Å². The largest absolute Gasteiger partial charge is 0.343 e. The smallest absolute Gasteiger partial charge is 0.257 e. The summed E-state index contributed by atoms with van der Waals surface area (Å²) in [7, 11) is -3.62. The van der Waals surface area contributed by atoms with E-state index >= 15 is 0 Å². The highest BCUT2D eigenvalue weighted by Gasteiger charge is 2.27. The Bertz CT molecular complexity index is 1210. The molecule has 1 saturated heterocycles. The van der Waals surface area contributed by atoms with Crippen LogP contribution >= 0.6 is 0 Å². The molecule has 1 N–H and O–H groups in total. The molecule has 0 unspecified atom stereocenters. The number of carbonyl (C=O) groups excluding carboxylic acids is 1. The van der Waals surface area contributed by atoms with Crippen LogP contribution in [-0.2, 0) is 14.8 Å². The standard InChI is InChI=1S/C24H28N4O4S/c1-17-6-8-21(9-7-17)33(30,31)25-13-10-22(29)28-14-11-19(12-15-28)23-26-24(32-27-23)20-5-3-4-18(2)16-20/h3-9,16,19,25H,10-15H2,1-2H3. The fourth-order valence-corrected chi connectivity index (χ4v) is 4.97. The molecular formula is C24H28N4O4S. The third-order valence-electron chi connectivity index (χ3n) is 5.88. The van der Waals surface area contributed by atoms with E-state index < -0.39 is 10.0 Å². The van der Waals surface area contributed by atoms with Crippen LogP contribution in [0.4, 0.5) is 0 Å². The minimum Gasteiger partial charge on any atom is -0.343 e. The van der Waals surface area contributed by atoms with Gasteiger partial charge in [-0.1, -0.05) is 40.5 Å². The van der Waals surface area contributed by atoms with Crippen molar-refractivity contribution in [2.75, 3.05) is 19.6 Å². The maximum atomic E-state index is 12.6. The molecule has 0 aliphatic carbocycles. The fraction of sp³-hybridized carbons (Fsp3) is 0.375. The third-order valence-corrected chi connectivity index (χ3v) is 7.36. The van der Waals surface area contributed by atoms with Gasteiger partial charge in [-0.15, -0.1) is 0 Å². The van der Waals surface area contributed by atoms with Crippen molar-refractivity contribution in [3.05, 3.63) is 65.5 Å². The van der Waals surface area contributed by atoms with E-state index in [4.69, 9.17) is 4.52 Å². The highest BCUT2D eigenvalue weighted by molar-refractivity contribution is 7.89. The van der Waals surface area contributed by atoms with Gasteiger partial charge < -0.3 is 9.42 Å². The summed E-state index contributed by atoms with van der Waals surface area (Å²) in [5.74, 6) is 1.25. The number of benzene rings is 2. The number of nitrogens with one attached hydrogen (secondary N) is 1. The molecule has 0 bridgehead atoms. The number of nitrogens with zero attached hydrogens (tertiary/aromatic N) is 3. The Morgan fingerprint density at radius 3 is 2.52 bits per heavy atom. The van der Waals surface area contributed by atoms with Gasteiger partial charge in [-0.25, -0.2) is 13.1 Å². The van der Waals surface area contributed by atoms with E-state index in [0.717, 1.165) is 29.5 Å². The Balaban J connectivity index is 1.26. The van der Waals surface area contributed by atoms with Crippen LogP contribution in [0.5, 0.6) is 0 Å². The molecule has 3 aromatic rings. The molecule has 2 heterocycles. The second kappa shape index (κ2) is 9.84. The Morgan fingerprint density at radius 1 is 1.09 bits per heavy atom. The lowest BCUT2D eigenvalue weighted by Gasteiger charge is -2.30. The second-order valence-electron chi connectivity index (χ2n) is 8.44. The van der Waals surface area contributed by atoms with Gasteiger partial charge >= 0.3 is 0 Å². The molecule has 1 fully saturated rings. The molecule has 0 atom stereocenters. The van der Waals surface area contributed by atoms with Gasteiger partial charge in [0, 0.05) is 37.5 Å². The zero-order valence-electron chi connectivity index (χ0n) is 18.8. The van der Waals surface area contributed by atoms with Crippen molar-refractivity contribution in [2.45, 2.75) is 43.9 Å². The molecule has 1 aliphatic heterocycles. The number of rotatable bonds is 7. The highest BCUT2D eigenvalue weighted by atomic mass is 32.2. The number of hydrogen-bond acceptors (Lipinski definition) is 6. The van der Waals surface area contributed by atoms with Gasteiger partial charge in [-0.05, 0) is 51.0 Å². The van der Waals surface area contributed by atoms with E-state index in [9.17, 15) is 13.2 Å². The average molecular weight is 469 g/mol. The zero-order chi connectivity index (χ0) is 23.4. The Labute approximate surface area is 194 Å². The van der Waals surface area contributed by atoms with E-state index in [0.29, 0.717) is 24.8 Å². The van der Waals surface area contributed by atoms with Crippen molar-refractivity contribution in [1.29, 1.82) is 0 Å². The van der Waals surface area contributed by atoms with Crippen molar-refractivity contribution in [1.82, 2.24) is 19.8 Å². The Hall–Kier alpha value is -3.04. The monoisotopic (exact) mass is 468 g/mol. The predicted molar refractivity (Wildman–Crippen MR) is 124 cm³/mol. The first-order valence-corrected chi connectivity index (χ1v) is 12.5. The molecule has 0 spiro atoms. The van der Waals surface area contributed by atoms with Crippen LogP contribution in [0.3, 0.4) is 0 Å². The first-order chi connectivity index (χ1) is 15.8. The Morgan fingerprint density at radius 2 is 1.82 bits per heavy atom. The molecular weight excluding hydrogens is 440 g/mol. The van der Waals surface area contributed by atoms with Gasteiger partial charge in [0.1, 0.15) is 0 Å². The zero-order valence-corrected chi connectivity index (χ0v) is 19.6. The number of likely N-dealkylation sites (tertiary alicyclic amines) is 1. The highest BCUT2D eigenvalue weighted by Crippen LogP contribution is 2.28. The maximum Gasteiger partial charge on any atom is 0.257 e. The number of hydrogen-bond donors (Lipinski definition) is 1. The van der Waals surface area contributed by atoms with Crippen molar-refractivity contribution in [3.8, 4) is 11.5 Å². The minimum atomic E-state index is -3.62. The summed E-state index contributed by atoms with van der Waals surface area (Å²) >= 11 is 0. The van der Waals surface area contributed by atoms with Crippen LogP contribution in [0.2, 0.25) is 0 Å². The molecule has 2 aromatic carbocycles. The molecule has 174 valence electrons. The molecule has 8 nitrogen and oxygen atoms in total. The lowest BCUT2D eigenvalue weighted by atomic mass is 9.96. The van der Waals surface area contributed by atoms with Crippen molar-refractivity contribution in [3.63, 3.8) is 0 Å². The average Bonchev–Trinajstić information content (AvgIpc) is 3.30. The van der Waals surface area contributed by atoms with Crippen LogP contribution < -0.4 is 4.72 Å². The summed E-state index contributed by atoms with van der Waals surface area (Å²) in [6.07, 6.45) is 1.61. The SMILES string of the molecule is Cc1ccc(S(=O)(=O)NCCC(=O)N2CCC(c3noc(-c4cccc(C)c4)n3)CC2)cc1. The number of carbonyl (C=O) groups is 1. The summed E-state index contributed by atoms with van der Waals surface area (Å²) in [5, 5.41) is 4.16. The predicted octanol–water partition coefficient (Wildman–Crippen LogP) is 3.43. The number of piperidine rings is 1. The molecule has 1 aromatic heterocycles. The van der Waals surface area contributed by atoms with E-state index in [1.54, 1.807) is 29.2 Å². The molecule has 9 heteroatoms. The van der Waals surface area contributed by atoms with Gasteiger partial charge in [0.25, 0.3) is 5.89 Å². The molecule has 4 rings (SSSR count). The summed E-state index contributed by atoms with van der Waals surface area (Å²) < 4.78 is 32.7. The van der Waals surface area contributed by atoms with E-state index in [2.05, 4.69) is 14.9 Å². The molecule has 1 amide bonds. The number of amides is 1. The third kappa shape index (κ3) is 5.66. The van der Waals surface area contributed by atoms with Crippen molar-refractivity contribution >= 4 is 15.9 Å². The second-order valence-corrected chi connectivity index (χ2v) is 10.2. The first kappa shape index (κ1) is 23.1. The summed E-state index contributed by atoms with van der Waals surface area (Å²) in [6, 6.07) is 14.5. The quantitative estimate of drug-likeness (QED) is 0.570. The normalized spacial score (nSPS) is 15.0. The first-order valence-electron chi connectivity index (χ1n) is 11.1. The van der Waals surface area contributed by atoms with Crippen LogP contribution in [0, 0.1) is 13.8 Å². The fourth-order valence-electron chi connectivity index (χ4n) is 3.93. The van der Waals surface area contributed by atoms with Gasteiger partial charge in [0.2, 0.25) is 15.9 Å². The van der Waals surface area contributed by atoms with Crippen molar-refractivity contribution in [2.24, 2.45) is 0 Å². The van der Waals surface area contributed by atoms with Gasteiger partial charge in [0.05, 0.1) is 4.90 Å². The Kier molecular flexibility index (Phi) is 6.90. The maximum absolute atomic E-state index is 12.6. The van der Waals surface area contributed by atoms with E-state index in [1.807, 2.05) is 38.1 Å². The molecule has 0 radical (unpaired) electrons. The number of aryl methyl sites for hydroxylation is 2. The molecule has 33 heavy (non-hydrogen) atoms. The lowest BCUT2D eigenvalue weighted by Crippen LogP contribution is -2.39. The van der Waals surface area contributed by atoms with Crippen molar-refractivity contribution < 1.29 is 17.7 Å². The molecule has 1 aliphatic rings. The van der Waals surface area contributed by atoms with Crippen LogP contribution in [0.15, 0.2) is 57.9 Å². The van der Waals surface area contributed by atoms with Crippen LogP contribution in [0.25, 0.3) is 11.5 Å². The van der Waals surface area contributed by atoms with Crippen LogP contribution in [0.1, 0.15) is 42.1 Å². The summed E-state index contributed by atoms with van der Waals surface area (Å²) in [6.45, 7) is 5.15.